The van der Waals surface area contributed by atoms with Gasteiger partial charge in [-0.1, -0.05) is 20.8 Å². The van der Waals surface area contributed by atoms with Gasteiger partial charge >= 0.3 is 0 Å². The summed E-state index contributed by atoms with van der Waals surface area (Å²) in [6.07, 6.45) is 0. The summed E-state index contributed by atoms with van der Waals surface area (Å²) in [4.78, 5) is 0. The van der Waals surface area contributed by atoms with Crippen LogP contribution in [0.15, 0.2) is 0 Å². The SMILES string of the molecule is CC(C)C.C[C-](C)C.[CH3-].[Y]. The molecule has 0 aromatic heterocycles. The van der Waals surface area contributed by atoms with E-state index in [1.54, 1.807) is 0 Å². The third-order valence-corrected chi connectivity index (χ3v) is 0. The molecule has 0 saturated heterocycles. The Labute approximate surface area is 93.1 Å². The first kappa shape index (κ1) is 22.5. The zero-order valence-corrected chi connectivity index (χ0v) is 11.5. The van der Waals surface area contributed by atoms with E-state index in [0.29, 0.717) is 0 Å². The van der Waals surface area contributed by atoms with Gasteiger partial charge in [-0.3, -0.25) is 0 Å². The first-order valence-electron chi connectivity index (χ1n) is 3.23. The minimum Gasteiger partial charge on any atom is -0.358 e. The second kappa shape index (κ2) is 16.6. The number of rotatable bonds is 0. The van der Waals surface area contributed by atoms with Crippen molar-refractivity contribution < 1.29 is 32.7 Å². The van der Waals surface area contributed by atoms with Crippen molar-refractivity contribution >= 4 is 0 Å². The van der Waals surface area contributed by atoms with E-state index in [4.69, 9.17) is 0 Å². The normalized spacial score (nSPS) is 7.20. The van der Waals surface area contributed by atoms with Gasteiger partial charge in [-0.15, -0.1) is 0 Å². The molecule has 0 atom stereocenters. The van der Waals surface area contributed by atoms with Crippen LogP contribution in [0.5, 0.6) is 0 Å². The minimum atomic E-state index is 0. The molecule has 0 aromatic rings. The predicted octanol–water partition coefficient (Wildman–Crippen LogP) is 3.73. The van der Waals surface area contributed by atoms with Crippen LogP contribution in [0.3, 0.4) is 0 Å². The topological polar surface area (TPSA) is 0 Å². The largest absolute Gasteiger partial charge is 0.358 e. The predicted molar refractivity (Wildman–Crippen MR) is 47.2 cm³/mol. The van der Waals surface area contributed by atoms with Gasteiger partial charge in [0, 0.05) is 32.7 Å². The van der Waals surface area contributed by atoms with Crippen molar-refractivity contribution in [2.45, 2.75) is 41.5 Å². The Bertz CT molecular complexity index is 20.2. The van der Waals surface area contributed by atoms with Gasteiger partial charge in [0.1, 0.15) is 0 Å². The maximum absolute atomic E-state index is 2.17. The van der Waals surface area contributed by atoms with E-state index in [1.165, 1.54) is 5.92 Å². The molecule has 0 spiro atoms. The molecule has 0 bridgehead atoms. The van der Waals surface area contributed by atoms with Crippen molar-refractivity contribution in [1.82, 2.24) is 0 Å². The first-order valence-corrected chi connectivity index (χ1v) is 3.23. The summed E-state index contributed by atoms with van der Waals surface area (Å²) in [5.41, 5.74) is 0. The Balaban J connectivity index is -0.0000000300. The molecule has 0 amide bonds. The Morgan fingerprint density at radius 1 is 0.900 bits per heavy atom. The summed E-state index contributed by atoms with van der Waals surface area (Å²) < 4.78 is 0. The fraction of sp³-hybridized carbons (Fsp3) is 0.778. The zero-order valence-electron chi connectivity index (χ0n) is 8.65. The molecule has 0 fully saturated rings. The van der Waals surface area contributed by atoms with Gasteiger partial charge in [-0.05, 0) is 5.92 Å². The van der Waals surface area contributed by atoms with Gasteiger partial charge in [-0.2, -0.15) is 20.8 Å². The van der Waals surface area contributed by atoms with Gasteiger partial charge in [0.2, 0.25) is 0 Å². The van der Waals surface area contributed by atoms with Crippen LogP contribution in [0, 0.1) is 19.3 Å². The maximum Gasteiger partial charge on any atom is 0 e. The molecule has 0 nitrogen and oxygen atoms in total. The number of hydrogen-bond donors (Lipinski definition) is 0. The van der Waals surface area contributed by atoms with Crippen LogP contribution in [0.2, 0.25) is 0 Å². The van der Waals surface area contributed by atoms with E-state index in [-0.39, 0.29) is 40.1 Å². The summed E-state index contributed by atoms with van der Waals surface area (Å²) in [6.45, 7) is 12.8. The van der Waals surface area contributed by atoms with Crippen LogP contribution in [0.25, 0.3) is 0 Å². The van der Waals surface area contributed by atoms with Crippen LogP contribution in [0.1, 0.15) is 41.5 Å². The van der Waals surface area contributed by atoms with Crippen molar-refractivity contribution in [3.05, 3.63) is 13.3 Å². The molecule has 0 heterocycles. The zero-order chi connectivity index (χ0) is 7.15. The van der Waals surface area contributed by atoms with Crippen molar-refractivity contribution in [3.63, 3.8) is 0 Å². The second-order valence-corrected chi connectivity index (χ2v) is 3.23. The third-order valence-electron chi connectivity index (χ3n) is 0. The molecule has 0 unspecified atom stereocenters. The number of hydrogen-bond acceptors (Lipinski definition) is 0. The van der Waals surface area contributed by atoms with Crippen molar-refractivity contribution in [1.29, 1.82) is 0 Å². The van der Waals surface area contributed by atoms with Gasteiger partial charge < -0.3 is 13.3 Å². The standard InChI is InChI=1S/C4H10.C4H9.CH3.Y/c2*1-4(2)3;;/h4H,1-3H3;1-3H3;1H3;/q;2*-1;. The summed E-state index contributed by atoms with van der Waals surface area (Å²) in [7, 11) is 0. The van der Waals surface area contributed by atoms with E-state index in [9.17, 15) is 0 Å². The van der Waals surface area contributed by atoms with Crippen LogP contribution in [-0.2, 0) is 32.7 Å². The maximum atomic E-state index is 2.17. The molecule has 0 rings (SSSR count). The van der Waals surface area contributed by atoms with Crippen LogP contribution in [0.4, 0.5) is 0 Å². The van der Waals surface area contributed by atoms with Crippen LogP contribution < -0.4 is 0 Å². The Hall–Kier alpha value is 1.10. The fourth-order valence-corrected chi connectivity index (χ4v) is 0. The summed E-state index contributed by atoms with van der Waals surface area (Å²) in [6, 6.07) is 0. The van der Waals surface area contributed by atoms with Crippen LogP contribution in [-0.4, -0.2) is 0 Å². The van der Waals surface area contributed by atoms with E-state index >= 15 is 0 Å². The van der Waals surface area contributed by atoms with Gasteiger partial charge in [0.25, 0.3) is 0 Å². The molecule has 1 radical (unpaired) electrons. The Morgan fingerprint density at radius 3 is 0.900 bits per heavy atom. The van der Waals surface area contributed by atoms with Crippen molar-refractivity contribution in [2.75, 3.05) is 0 Å². The summed E-state index contributed by atoms with van der Waals surface area (Å²) in [5, 5.41) is 0. The second-order valence-electron chi connectivity index (χ2n) is 3.23. The van der Waals surface area contributed by atoms with E-state index in [0.717, 1.165) is 5.92 Å². The van der Waals surface area contributed by atoms with E-state index in [2.05, 4.69) is 41.5 Å². The summed E-state index contributed by atoms with van der Waals surface area (Å²) >= 11 is 0. The Kier molecular flexibility index (Phi) is 37.3. The average Bonchev–Trinajstić information content (AvgIpc) is 1.25. The monoisotopic (exact) mass is 219 g/mol. The average molecular weight is 219 g/mol. The van der Waals surface area contributed by atoms with Crippen molar-refractivity contribution in [2.24, 2.45) is 5.92 Å². The molecule has 1 heteroatoms. The van der Waals surface area contributed by atoms with E-state index in [1.807, 2.05) is 0 Å². The van der Waals surface area contributed by atoms with Gasteiger partial charge in [-0.25, -0.2) is 0 Å². The third kappa shape index (κ3) is 491. The molecule has 0 saturated carbocycles. The molecular formula is C9H22Y-2. The molecule has 10 heavy (non-hydrogen) atoms. The van der Waals surface area contributed by atoms with E-state index < -0.39 is 0 Å². The Morgan fingerprint density at radius 2 is 0.900 bits per heavy atom. The molecule has 0 aliphatic rings. The molecule has 0 aliphatic heterocycles. The molecule has 63 valence electrons. The smallest absolute Gasteiger partial charge is 0 e. The fourth-order valence-electron chi connectivity index (χ4n) is 0. The van der Waals surface area contributed by atoms with Crippen molar-refractivity contribution in [3.8, 4) is 0 Å². The van der Waals surface area contributed by atoms with Gasteiger partial charge in [0.15, 0.2) is 0 Å². The molecule has 0 aromatic carbocycles. The summed E-state index contributed by atoms with van der Waals surface area (Å²) in [5.74, 6) is 2.25. The van der Waals surface area contributed by atoms with Crippen LogP contribution >= 0.6 is 0 Å². The quantitative estimate of drug-likeness (QED) is 0.544. The molecular weight excluding hydrogens is 197 g/mol. The first-order chi connectivity index (χ1) is 3.46. The minimum absolute atomic E-state index is 0. The molecule has 0 N–H and O–H groups in total. The molecule has 0 aliphatic carbocycles. The van der Waals surface area contributed by atoms with Gasteiger partial charge in [0.05, 0.1) is 0 Å².